The summed E-state index contributed by atoms with van der Waals surface area (Å²) < 4.78 is 116. The van der Waals surface area contributed by atoms with Crippen molar-refractivity contribution in [3.63, 3.8) is 0 Å². The van der Waals surface area contributed by atoms with E-state index in [1.807, 2.05) is 0 Å². The second-order valence-electron chi connectivity index (χ2n) is 4.90. The Labute approximate surface area is 138 Å². The zero-order valence-electron chi connectivity index (χ0n) is 11.9. The molecule has 0 spiro atoms. The molecule has 2 nitrogen and oxygen atoms in total. The quantitative estimate of drug-likeness (QED) is 0.600. The first-order valence-electron chi connectivity index (χ1n) is 6.24. The number of imidazole rings is 1. The first-order chi connectivity index (χ1) is 11.2. The maximum Gasteiger partial charge on any atom is 0.459 e. The van der Waals surface area contributed by atoms with Crippen LogP contribution in [0.4, 0.5) is 39.5 Å². The fourth-order valence-corrected chi connectivity index (χ4v) is 2.25. The molecule has 0 N–H and O–H groups in total. The third-order valence-electron chi connectivity index (χ3n) is 3.15. The Balaban J connectivity index is 2.62. The smallest absolute Gasteiger partial charge is 0.299 e. The van der Waals surface area contributed by atoms with Gasteiger partial charge in [-0.1, -0.05) is 11.6 Å². The van der Waals surface area contributed by atoms with Crippen LogP contribution in [0.15, 0.2) is 18.3 Å². The summed E-state index contributed by atoms with van der Waals surface area (Å²) >= 11 is 5.56. The van der Waals surface area contributed by atoms with Gasteiger partial charge in [-0.2, -0.15) is 35.1 Å². The molecule has 0 aliphatic carbocycles. The lowest BCUT2D eigenvalue weighted by Crippen LogP contribution is -2.34. The molecule has 0 radical (unpaired) electrons. The fourth-order valence-electron chi connectivity index (χ4n) is 1.95. The van der Waals surface area contributed by atoms with Crippen molar-refractivity contribution in [2.24, 2.45) is 0 Å². The standard InChI is InChI=1S/C13H6ClF9N2/c1-5-24-9(11(16,17)13(21,22)23)4-25(5)10-7(14)2-6(3-8(10)15)12(18,19)20/h2-4H,1H3. The Bertz CT molecular complexity index is 782. The monoisotopic (exact) mass is 396 g/mol. The summed E-state index contributed by atoms with van der Waals surface area (Å²) in [6.45, 7) is 0.962. The third-order valence-corrected chi connectivity index (χ3v) is 3.43. The van der Waals surface area contributed by atoms with E-state index in [4.69, 9.17) is 11.6 Å². The molecule has 1 aromatic carbocycles. The lowest BCUT2D eigenvalue weighted by atomic mass is 10.2. The molecule has 0 unspecified atom stereocenters. The van der Waals surface area contributed by atoms with E-state index < -0.39 is 51.9 Å². The average Bonchev–Trinajstić information content (AvgIpc) is 2.78. The van der Waals surface area contributed by atoms with Crippen molar-refractivity contribution < 1.29 is 39.5 Å². The number of halogens is 10. The normalized spacial score (nSPS) is 13.4. The SMILES string of the molecule is Cc1nc(C(F)(F)C(F)(F)F)cn1-c1c(F)cc(C(F)(F)F)cc1Cl. The molecular weight excluding hydrogens is 391 g/mol. The van der Waals surface area contributed by atoms with Gasteiger partial charge in [0.15, 0.2) is 0 Å². The summed E-state index contributed by atoms with van der Waals surface area (Å²) in [5.74, 6) is -7.43. The van der Waals surface area contributed by atoms with Crippen LogP contribution in [0.5, 0.6) is 0 Å². The molecule has 0 fully saturated rings. The molecule has 25 heavy (non-hydrogen) atoms. The van der Waals surface area contributed by atoms with Gasteiger partial charge in [0, 0.05) is 6.20 Å². The Morgan fingerprint density at radius 2 is 1.56 bits per heavy atom. The number of rotatable bonds is 2. The van der Waals surface area contributed by atoms with E-state index in [-0.39, 0.29) is 12.3 Å². The predicted octanol–water partition coefficient (Wildman–Crippen LogP) is 5.65. The Hall–Kier alpha value is -1.91. The first-order valence-corrected chi connectivity index (χ1v) is 6.61. The van der Waals surface area contributed by atoms with Crippen LogP contribution in [0, 0.1) is 12.7 Å². The minimum atomic E-state index is -5.96. The van der Waals surface area contributed by atoms with Crippen LogP contribution in [0.3, 0.4) is 0 Å². The summed E-state index contributed by atoms with van der Waals surface area (Å²) in [5.41, 5.74) is -4.02. The zero-order valence-corrected chi connectivity index (χ0v) is 12.7. The molecule has 2 rings (SSSR count). The summed E-state index contributed by atoms with van der Waals surface area (Å²) in [6.07, 6.45) is -10.7. The molecule has 0 amide bonds. The second kappa shape index (κ2) is 5.82. The maximum absolute atomic E-state index is 14.0. The minimum Gasteiger partial charge on any atom is -0.299 e. The second-order valence-corrected chi connectivity index (χ2v) is 5.31. The van der Waals surface area contributed by atoms with Crippen molar-refractivity contribution in [3.05, 3.63) is 46.3 Å². The Morgan fingerprint density at radius 1 is 1.00 bits per heavy atom. The van der Waals surface area contributed by atoms with Crippen LogP contribution in [0.2, 0.25) is 5.02 Å². The van der Waals surface area contributed by atoms with Crippen molar-refractivity contribution in [3.8, 4) is 5.69 Å². The molecule has 12 heteroatoms. The highest BCUT2D eigenvalue weighted by Gasteiger charge is 2.60. The van der Waals surface area contributed by atoms with Gasteiger partial charge in [0.2, 0.25) is 0 Å². The van der Waals surface area contributed by atoms with E-state index >= 15 is 0 Å². The van der Waals surface area contributed by atoms with Gasteiger partial charge in [0.25, 0.3) is 0 Å². The molecule has 0 bridgehead atoms. The molecule has 0 aliphatic rings. The molecular formula is C13H6ClF9N2. The summed E-state index contributed by atoms with van der Waals surface area (Å²) in [6, 6.07) is 0.364. The zero-order chi connectivity index (χ0) is 19.4. The Morgan fingerprint density at radius 3 is 2.00 bits per heavy atom. The molecule has 0 atom stereocenters. The molecule has 1 heterocycles. The van der Waals surface area contributed by atoms with Gasteiger partial charge in [-0.25, -0.2) is 9.37 Å². The van der Waals surface area contributed by atoms with Gasteiger partial charge >= 0.3 is 18.3 Å². The molecule has 138 valence electrons. The van der Waals surface area contributed by atoms with Gasteiger partial charge in [-0.05, 0) is 19.1 Å². The number of alkyl halides is 8. The number of nitrogens with zero attached hydrogens (tertiary/aromatic N) is 2. The molecule has 0 saturated carbocycles. The fraction of sp³-hybridized carbons (Fsp3) is 0.308. The highest BCUT2D eigenvalue weighted by atomic mass is 35.5. The topological polar surface area (TPSA) is 17.8 Å². The van der Waals surface area contributed by atoms with Crippen LogP contribution >= 0.6 is 11.6 Å². The number of aryl methyl sites for hydroxylation is 1. The van der Waals surface area contributed by atoms with Crippen molar-refractivity contribution in [2.75, 3.05) is 0 Å². The largest absolute Gasteiger partial charge is 0.459 e. The summed E-state index contributed by atoms with van der Waals surface area (Å²) in [5, 5.41) is -0.838. The van der Waals surface area contributed by atoms with Crippen LogP contribution in [-0.2, 0) is 12.1 Å². The summed E-state index contributed by atoms with van der Waals surface area (Å²) in [7, 11) is 0. The van der Waals surface area contributed by atoms with Gasteiger partial charge in [-0.3, -0.25) is 4.57 Å². The minimum absolute atomic E-state index is 0.0439. The van der Waals surface area contributed by atoms with E-state index in [1.54, 1.807) is 0 Å². The number of hydrogen-bond donors (Lipinski definition) is 0. The molecule has 1 aromatic heterocycles. The summed E-state index contributed by atoms with van der Waals surface area (Å²) in [4.78, 5) is 3.02. The lowest BCUT2D eigenvalue weighted by molar-refractivity contribution is -0.290. The van der Waals surface area contributed by atoms with E-state index in [0.717, 1.165) is 6.92 Å². The van der Waals surface area contributed by atoms with Gasteiger partial charge < -0.3 is 0 Å². The number of aromatic nitrogens is 2. The van der Waals surface area contributed by atoms with E-state index in [0.29, 0.717) is 10.6 Å². The maximum atomic E-state index is 14.0. The van der Waals surface area contributed by atoms with Crippen LogP contribution < -0.4 is 0 Å². The highest BCUT2D eigenvalue weighted by Crippen LogP contribution is 2.44. The van der Waals surface area contributed by atoms with Crippen molar-refractivity contribution in [1.29, 1.82) is 0 Å². The van der Waals surface area contributed by atoms with E-state index in [1.165, 1.54) is 0 Å². The average molecular weight is 397 g/mol. The first kappa shape index (κ1) is 19.4. The highest BCUT2D eigenvalue weighted by molar-refractivity contribution is 6.32. The van der Waals surface area contributed by atoms with Crippen LogP contribution in [-0.4, -0.2) is 15.7 Å². The number of hydrogen-bond acceptors (Lipinski definition) is 1. The molecule has 2 aromatic rings. The number of benzene rings is 1. The third kappa shape index (κ3) is 3.42. The van der Waals surface area contributed by atoms with Crippen LogP contribution in [0.25, 0.3) is 5.69 Å². The van der Waals surface area contributed by atoms with Crippen molar-refractivity contribution >= 4 is 11.6 Å². The van der Waals surface area contributed by atoms with Crippen LogP contribution in [0.1, 0.15) is 17.1 Å². The van der Waals surface area contributed by atoms with Gasteiger partial charge in [-0.15, -0.1) is 0 Å². The van der Waals surface area contributed by atoms with Crippen molar-refractivity contribution in [2.45, 2.75) is 25.2 Å². The predicted molar refractivity (Wildman–Crippen MR) is 68.2 cm³/mol. The molecule has 0 aliphatic heterocycles. The molecule has 0 saturated heterocycles. The van der Waals surface area contributed by atoms with Crippen molar-refractivity contribution in [1.82, 2.24) is 9.55 Å². The van der Waals surface area contributed by atoms with Gasteiger partial charge in [0.05, 0.1) is 10.6 Å². The van der Waals surface area contributed by atoms with Gasteiger partial charge in [0.1, 0.15) is 23.0 Å². The van der Waals surface area contributed by atoms with E-state index in [9.17, 15) is 39.5 Å². The van der Waals surface area contributed by atoms with E-state index in [2.05, 4.69) is 4.98 Å². The lowest BCUT2D eigenvalue weighted by Gasteiger charge is -2.17. The Kier molecular flexibility index (Phi) is 4.52.